The molecule has 1 N–H and O–H groups in total. The van der Waals surface area contributed by atoms with Gasteiger partial charge in [-0.2, -0.15) is 23.5 Å². The van der Waals surface area contributed by atoms with E-state index in [1.165, 1.54) is 10.9 Å². The fraction of sp³-hybridized carbons (Fsp3) is 0.429. The number of aryl methyl sites for hydroxylation is 1. The second-order valence-electron chi connectivity index (χ2n) is 5.49. The zero-order valence-corrected chi connectivity index (χ0v) is 14.2. The molecule has 6 nitrogen and oxygen atoms in total. The number of anilines is 2. The van der Waals surface area contributed by atoms with Crippen LogP contribution in [0.2, 0.25) is 0 Å². The molecule has 0 unspecified atom stereocenters. The Hall–Kier alpha value is -2.28. The quantitative estimate of drug-likeness (QED) is 0.664. The number of nitrogens with zero attached hydrogens (tertiary/aromatic N) is 5. The van der Waals surface area contributed by atoms with E-state index in [0.717, 1.165) is 18.0 Å². The van der Waals surface area contributed by atoms with Crippen molar-refractivity contribution in [3.63, 3.8) is 0 Å². The van der Waals surface area contributed by atoms with Gasteiger partial charge in [-0.1, -0.05) is 11.8 Å². The highest BCUT2D eigenvalue weighted by atomic mass is 32.2. The van der Waals surface area contributed by atoms with Gasteiger partial charge in [0.25, 0.3) is 0 Å². The minimum Gasteiger partial charge on any atom is -0.337 e. The van der Waals surface area contributed by atoms with E-state index in [0.29, 0.717) is 11.4 Å². The standard InChI is InChI=1S/C14H15F3N6S/c1-8-10(6-23(22-8)13(2,3)7-18)20-11-9(14(15,16)17)5-19-12(21-11)24-4/h5-6H,1-4H3,(H,19,20,21). The van der Waals surface area contributed by atoms with E-state index in [1.54, 1.807) is 27.0 Å². The molecule has 0 aliphatic heterocycles. The number of rotatable bonds is 4. The summed E-state index contributed by atoms with van der Waals surface area (Å²) in [5.74, 6) is -0.348. The lowest BCUT2D eigenvalue weighted by atomic mass is 10.1. The van der Waals surface area contributed by atoms with Gasteiger partial charge in [0.2, 0.25) is 0 Å². The van der Waals surface area contributed by atoms with Crippen LogP contribution in [0, 0.1) is 18.3 Å². The first kappa shape index (κ1) is 18.1. The maximum Gasteiger partial charge on any atom is 0.421 e. The Morgan fingerprint density at radius 2 is 2.00 bits per heavy atom. The third kappa shape index (κ3) is 3.62. The molecule has 0 aromatic carbocycles. The summed E-state index contributed by atoms with van der Waals surface area (Å²) in [6.07, 6.45) is -0.681. The Labute approximate surface area is 141 Å². The number of alkyl halides is 3. The van der Waals surface area contributed by atoms with Crippen LogP contribution in [-0.4, -0.2) is 26.0 Å². The molecular weight excluding hydrogens is 341 g/mol. The number of nitrogens with one attached hydrogen (secondary N) is 1. The summed E-state index contributed by atoms with van der Waals surface area (Å²) in [6, 6.07) is 2.08. The third-order valence-electron chi connectivity index (χ3n) is 3.25. The van der Waals surface area contributed by atoms with E-state index in [-0.39, 0.29) is 11.0 Å². The SMILES string of the molecule is CSc1ncc(C(F)(F)F)c(Nc2cn(C(C)(C)C#N)nc2C)n1. The van der Waals surface area contributed by atoms with E-state index in [4.69, 9.17) is 5.26 Å². The zero-order chi connectivity index (χ0) is 18.1. The van der Waals surface area contributed by atoms with Gasteiger partial charge in [0.15, 0.2) is 5.16 Å². The molecule has 0 amide bonds. The number of hydrogen-bond acceptors (Lipinski definition) is 6. The Balaban J connectivity index is 2.47. The van der Waals surface area contributed by atoms with Crippen LogP contribution < -0.4 is 5.32 Å². The van der Waals surface area contributed by atoms with Crippen LogP contribution in [0.25, 0.3) is 0 Å². The molecular formula is C14H15F3N6S. The van der Waals surface area contributed by atoms with Crippen molar-refractivity contribution in [2.45, 2.75) is 37.6 Å². The largest absolute Gasteiger partial charge is 0.421 e. The summed E-state index contributed by atoms with van der Waals surface area (Å²) in [5, 5.41) is 16.2. The molecule has 0 saturated carbocycles. The van der Waals surface area contributed by atoms with Crippen LogP contribution >= 0.6 is 11.8 Å². The Kier molecular flexibility index (Phi) is 4.75. The predicted molar refractivity (Wildman–Crippen MR) is 84.0 cm³/mol. The topological polar surface area (TPSA) is 79.4 Å². The van der Waals surface area contributed by atoms with Gasteiger partial charge in [-0.15, -0.1) is 0 Å². The maximum atomic E-state index is 13.1. The predicted octanol–water partition coefficient (Wildman–Crippen LogP) is 3.72. The second kappa shape index (κ2) is 6.32. The molecule has 2 aromatic rings. The van der Waals surface area contributed by atoms with E-state index in [2.05, 4.69) is 26.5 Å². The molecule has 2 aromatic heterocycles. The van der Waals surface area contributed by atoms with Crippen molar-refractivity contribution in [1.82, 2.24) is 19.7 Å². The first-order valence-corrected chi connectivity index (χ1v) is 8.04. The van der Waals surface area contributed by atoms with E-state index in [1.807, 2.05) is 0 Å². The van der Waals surface area contributed by atoms with Crippen molar-refractivity contribution in [2.75, 3.05) is 11.6 Å². The summed E-state index contributed by atoms with van der Waals surface area (Å²) < 4.78 is 40.8. The third-order valence-corrected chi connectivity index (χ3v) is 3.81. The molecule has 0 bridgehead atoms. The van der Waals surface area contributed by atoms with E-state index in [9.17, 15) is 13.2 Å². The molecule has 0 radical (unpaired) electrons. The molecule has 10 heteroatoms. The van der Waals surface area contributed by atoms with Gasteiger partial charge < -0.3 is 5.32 Å². The lowest BCUT2D eigenvalue weighted by Crippen LogP contribution is -2.24. The fourth-order valence-corrected chi connectivity index (χ4v) is 2.16. The van der Waals surface area contributed by atoms with Crippen molar-refractivity contribution >= 4 is 23.3 Å². The molecule has 0 aliphatic carbocycles. The number of aromatic nitrogens is 4. The van der Waals surface area contributed by atoms with Gasteiger partial charge in [0, 0.05) is 6.20 Å². The average Bonchev–Trinajstić information content (AvgIpc) is 2.88. The Bertz CT molecular complexity index is 791. The van der Waals surface area contributed by atoms with Crippen LogP contribution in [0.15, 0.2) is 17.6 Å². The van der Waals surface area contributed by atoms with Crippen LogP contribution in [0.1, 0.15) is 25.1 Å². The summed E-state index contributed by atoms with van der Waals surface area (Å²) in [4.78, 5) is 7.58. The highest BCUT2D eigenvalue weighted by Gasteiger charge is 2.35. The van der Waals surface area contributed by atoms with Crippen LogP contribution in [0.5, 0.6) is 0 Å². The molecule has 0 fully saturated rings. The molecule has 0 atom stereocenters. The zero-order valence-electron chi connectivity index (χ0n) is 13.4. The van der Waals surface area contributed by atoms with Crippen LogP contribution in [-0.2, 0) is 11.7 Å². The number of thioether (sulfide) groups is 1. The van der Waals surface area contributed by atoms with Crippen LogP contribution in [0.4, 0.5) is 24.7 Å². The molecule has 2 heterocycles. The molecule has 24 heavy (non-hydrogen) atoms. The summed E-state index contributed by atoms with van der Waals surface area (Å²) in [5.41, 5.74) is -1.09. The first-order valence-electron chi connectivity index (χ1n) is 6.81. The number of halogens is 3. The van der Waals surface area contributed by atoms with Crippen molar-refractivity contribution < 1.29 is 13.2 Å². The maximum absolute atomic E-state index is 13.1. The molecule has 128 valence electrons. The highest BCUT2D eigenvalue weighted by molar-refractivity contribution is 7.98. The van der Waals surface area contributed by atoms with Crippen molar-refractivity contribution in [3.8, 4) is 6.07 Å². The Morgan fingerprint density at radius 3 is 2.54 bits per heavy atom. The fourth-order valence-electron chi connectivity index (χ4n) is 1.81. The lowest BCUT2D eigenvalue weighted by Gasteiger charge is -2.15. The minimum atomic E-state index is -4.59. The van der Waals surface area contributed by atoms with E-state index < -0.39 is 17.3 Å². The molecule has 2 rings (SSSR count). The van der Waals surface area contributed by atoms with Gasteiger partial charge in [-0.3, -0.25) is 4.68 Å². The monoisotopic (exact) mass is 356 g/mol. The minimum absolute atomic E-state index is 0.216. The summed E-state index contributed by atoms with van der Waals surface area (Å²) in [7, 11) is 0. The number of hydrogen-bond donors (Lipinski definition) is 1. The lowest BCUT2D eigenvalue weighted by molar-refractivity contribution is -0.137. The molecule has 0 aliphatic rings. The Morgan fingerprint density at radius 1 is 1.33 bits per heavy atom. The van der Waals surface area contributed by atoms with Crippen molar-refractivity contribution in [3.05, 3.63) is 23.7 Å². The van der Waals surface area contributed by atoms with E-state index >= 15 is 0 Å². The van der Waals surface area contributed by atoms with Gasteiger partial charge in [-0.05, 0) is 27.0 Å². The normalized spacial score (nSPS) is 12.1. The van der Waals surface area contributed by atoms with Crippen molar-refractivity contribution in [1.29, 1.82) is 5.26 Å². The summed E-state index contributed by atoms with van der Waals surface area (Å²) >= 11 is 1.14. The van der Waals surface area contributed by atoms with Gasteiger partial charge in [-0.25, -0.2) is 9.97 Å². The number of nitriles is 1. The highest BCUT2D eigenvalue weighted by Crippen LogP contribution is 2.35. The van der Waals surface area contributed by atoms with Crippen molar-refractivity contribution in [2.24, 2.45) is 0 Å². The smallest absolute Gasteiger partial charge is 0.337 e. The average molecular weight is 356 g/mol. The van der Waals surface area contributed by atoms with Gasteiger partial charge >= 0.3 is 6.18 Å². The molecule has 0 saturated heterocycles. The van der Waals surface area contributed by atoms with Gasteiger partial charge in [0.05, 0.1) is 23.6 Å². The summed E-state index contributed by atoms with van der Waals surface area (Å²) in [6.45, 7) is 4.94. The van der Waals surface area contributed by atoms with Gasteiger partial charge in [0.1, 0.15) is 16.9 Å². The second-order valence-corrected chi connectivity index (χ2v) is 6.26. The first-order chi connectivity index (χ1) is 11.1. The van der Waals surface area contributed by atoms with Crippen LogP contribution in [0.3, 0.4) is 0 Å². The molecule has 0 spiro atoms.